The van der Waals surface area contributed by atoms with Gasteiger partial charge in [0, 0.05) is 34.8 Å². The highest BCUT2D eigenvalue weighted by molar-refractivity contribution is 6.35. The van der Waals surface area contributed by atoms with Crippen molar-refractivity contribution < 1.29 is 0 Å². The third kappa shape index (κ3) is 3.22. The highest BCUT2D eigenvalue weighted by atomic mass is 35.5. The highest BCUT2D eigenvalue weighted by Crippen LogP contribution is 2.24. The molecular formula is C15H17Cl2N3. The Morgan fingerprint density at radius 3 is 2.55 bits per heavy atom. The molecule has 0 saturated heterocycles. The minimum absolute atomic E-state index is 0.593. The van der Waals surface area contributed by atoms with E-state index in [0.29, 0.717) is 16.5 Å². The van der Waals surface area contributed by atoms with Crippen LogP contribution in [0.5, 0.6) is 0 Å². The summed E-state index contributed by atoms with van der Waals surface area (Å²) in [7, 11) is 1.87. The van der Waals surface area contributed by atoms with Crippen LogP contribution in [0.15, 0.2) is 18.2 Å². The predicted octanol–water partition coefficient (Wildman–Crippen LogP) is 4.29. The molecule has 0 spiro atoms. The highest BCUT2D eigenvalue weighted by Gasteiger charge is 2.11. The van der Waals surface area contributed by atoms with E-state index in [2.05, 4.69) is 22.2 Å². The van der Waals surface area contributed by atoms with E-state index in [4.69, 9.17) is 23.2 Å². The van der Waals surface area contributed by atoms with Gasteiger partial charge in [0.25, 0.3) is 0 Å². The van der Waals surface area contributed by atoms with Gasteiger partial charge in [-0.3, -0.25) is 0 Å². The molecule has 1 aromatic heterocycles. The van der Waals surface area contributed by atoms with Gasteiger partial charge in [-0.1, -0.05) is 36.2 Å². The van der Waals surface area contributed by atoms with Crippen molar-refractivity contribution >= 4 is 29.0 Å². The van der Waals surface area contributed by atoms with Crippen LogP contribution in [0, 0.1) is 6.92 Å². The Morgan fingerprint density at radius 2 is 1.95 bits per heavy atom. The molecule has 0 unspecified atom stereocenters. The van der Waals surface area contributed by atoms with Gasteiger partial charge in [-0.2, -0.15) is 0 Å². The zero-order valence-electron chi connectivity index (χ0n) is 11.8. The van der Waals surface area contributed by atoms with Crippen LogP contribution < -0.4 is 5.32 Å². The molecule has 2 aromatic rings. The third-order valence-electron chi connectivity index (χ3n) is 3.21. The van der Waals surface area contributed by atoms with Crippen LogP contribution in [0.25, 0.3) is 0 Å². The lowest BCUT2D eigenvalue weighted by Crippen LogP contribution is -2.07. The number of aromatic nitrogens is 2. The Hall–Kier alpha value is -1.32. The summed E-state index contributed by atoms with van der Waals surface area (Å²) in [6.45, 7) is 4.11. The number of anilines is 1. The fourth-order valence-corrected chi connectivity index (χ4v) is 2.67. The molecule has 0 aliphatic heterocycles. The van der Waals surface area contributed by atoms with Crippen molar-refractivity contribution in [1.29, 1.82) is 0 Å². The van der Waals surface area contributed by atoms with Gasteiger partial charge in [0.05, 0.1) is 0 Å². The largest absolute Gasteiger partial charge is 0.373 e. The lowest BCUT2D eigenvalue weighted by Gasteiger charge is -2.12. The molecule has 20 heavy (non-hydrogen) atoms. The Labute approximate surface area is 129 Å². The molecule has 0 aliphatic rings. The maximum Gasteiger partial charge on any atom is 0.135 e. The fraction of sp³-hybridized carbons (Fsp3) is 0.333. The van der Waals surface area contributed by atoms with Crippen LogP contribution in [0.3, 0.4) is 0 Å². The molecule has 0 atom stereocenters. The fourth-order valence-electron chi connectivity index (χ4n) is 2.20. The summed E-state index contributed by atoms with van der Waals surface area (Å²) in [4.78, 5) is 9.14. The lowest BCUT2D eigenvalue weighted by atomic mass is 10.1. The summed E-state index contributed by atoms with van der Waals surface area (Å²) in [5, 5.41) is 4.41. The van der Waals surface area contributed by atoms with Gasteiger partial charge in [0.15, 0.2) is 0 Å². The molecule has 0 saturated carbocycles. The van der Waals surface area contributed by atoms with E-state index in [1.165, 1.54) is 0 Å². The zero-order chi connectivity index (χ0) is 14.7. The molecule has 0 radical (unpaired) electrons. The maximum absolute atomic E-state index is 6.20. The molecular weight excluding hydrogens is 293 g/mol. The Bertz CT molecular complexity index is 627. The first kappa shape index (κ1) is 15.1. The van der Waals surface area contributed by atoms with Crippen molar-refractivity contribution in [1.82, 2.24) is 9.97 Å². The van der Waals surface area contributed by atoms with Crippen LogP contribution in [0.2, 0.25) is 10.0 Å². The lowest BCUT2D eigenvalue weighted by molar-refractivity contribution is 0.908. The van der Waals surface area contributed by atoms with Crippen molar-refractivity contribution in [3.05, 3.63) is 50.9 Å². The molecule has 0 amide bonds. The number of rotatable bonds is 4. The molecule has 1 aromatic carbocycles. The second-order valence-corrected chi connectivity index (χ2v) is 5.41. The van der Waals surface area contributed by atoms with Gasteiger partial charge in [-0.15, -0.1) is 0 Å². The number of aryl methyl sites for hydroxylation is 1. The van der Waals surface area contributed by atoms with E-state index >= 15 is 0 Å². The number of benzene rings is 1. The Morgan fingerprint density at radius 1 is 1.20 bits per heavy atom. The average molecular weight is 310 g/mol. The van der Waals surface area contributed by atoms with E-state index in [0.717, 1.165) is 34.9 Å². The molecule has 0 aliphatic carbocycles. The van der Waals surface area contributed by atoms with Crippen LogP contribution in [-0.4, -0.2) is 17.0 Å². The average Bonchev–Trinajstić information content (AvgIpc) is 2.41. The maximum atomic E-state index is 6.20. The SMILES string of the molecule is CCc1c(C)nc(Cc2ccc(Cl)cc2Cl)nc1NC. The van der Waals surface area contributed by atoms with Gasteiger partial charge in [0.1, 0.15) is 11.6 Å². The smallest absolute Gasteiger partial charge is 0.135 e. The van der Waals surface area contributed by atoms with Crippen molar-refractivity contribution in [2.45, 2.75) is 26.7 Å². The zero-order valence-corrected chi connectivity index (χ0v) is 13.3. The molecule has 3 nitrogen and oxygen atoms in total. The molecule has 106 valence electrons. The van der Waals surface area contributed by atoms with Crippen molar-refractivity contribution in [2.75, 3.05) is 12.4 Å². The summed E-state index contributed by atoms with van der Waals surface area (Å²) in [5.74, 6) is 1.65. The first-order chi connectivity index (χ1) is 9.55. The van der Waals surface area contributed by atoms with E-state index in [-0.39, 0.29) is 0 Å². The standard InChI is InChI=1S/C15H17Cl2N3/c1-4-12-9(2)19-14(20-15(12)18-3)7-10-5-6-11(16)8-13(10)17/h5-6,8H,4,7H2,1-3H3,(H,18,19,20). The second-order valence-electron chi connectivity index (χ2n) is 4.57. The first-order valence-corrected chi connectivity index (χ1v) is 7.28. The van der Waals surface area contributed by atoms with Crippen molar-refractivity contribution in [2.24, 2.45) is 0 Å². The summed E-state index contributed by atoms with van der Waals surface area (Å²) in [6.07, 6.45) is 1.50. The van der Waals surface area contributed by atoms with Crippen LogP contribution in [0.1, 0.15) is 29.6 Å². The molecule has 2 rings (SSSR count). The third-order valence-corrected chi connectivity index (χ3v) is 3.80. The molecule has 5 heteroatoms. The van der Waals surface area contributed by atoms with E-state index < -0.39 is 0 Å². The topological polar surface area (TPSA) is 37.8 Å². The molecule has 0 bridgehead atoms. The summed E-state index contributed by atoms with van der Waals surface area (Å²) in [5.41, 5.74) is 3.13. The minimum Gasteiger partial charge on any atom is -0.373 e. The summed E-state index contributed by atoms with van der Waals surface area (Å²) < 4.78 is 0. The van der Waals surface area contributed by atoms with Gasteiger partial charge in [-0.05, 0) is 31.0 Å². The van der Waals surface area contributed by atoms with Gasteiger partial charge >= 0.3 is 0 Å². The summed E-state index contributed by atoms with van der Waals surface area (Å²) >= 11 is 12.1. The van der Waals surface area contributed by atoms with E-state index in [9.17, 15) is 0 Å². The minimum atomic E-state index is 0.593. The Kier molecular flexibility index (Phi) is 4.84. The van der Waals surface area contributed by atoms with E-state index in [1.54, 1.807) is 6.07 Å². The summed E-state index contributed by atoms with van der Waals surface area (Å²) in [6, 6.07) is 5.48. The number of hydrogen-bond donors (Lipinski definition) is 1. The van der Waals surface area contributed by atoms with Gasteiger partial charge in [-0.25, -0.2) is 9.97 Å². The van der Waals surface area contributed by atoms with Crippen LogP contribution in [0.4, 0.5) is 5.82 Å². The number of halogens is 2. The van der Waals surface area contributed by atoms with Crippen molar-refractivity contribution in [3.63, 3.8) is 0 Å². The monoisotopic (exact) mass is 309 g/mol. The molecule has 1 heterocycles. The van der Waals surface area contributed by atoms with Gasteiger partial charge in [0.2, 0.25) is 0 Å². The first-order valence-electron chi connectivity index (χ1n) is 6.53. The van der Waals surface area contributed by atoms with Crippen LogP contribution in [-0.2, 0) is 12.8 Å². The van der Waals surface area contributed by atoms with E-state index in [1.807, 2.05) is 26.1 Å². The number of nitrogens with zero attached hydrogens (tertiary/aromatic N) is 2. The van der Waals surface area contributed by atoms with Crippen molar-refractivity contribution in [3.8, 4) is 0 Å². The number of hydrogen-bond acceptors (Lipinski definition) is 3. The predicted molar refractivity (Wildman–Crippen MR) is 85.0 cm³/mol. The van der Waals surface area contributed by atoms with Crippen LogP contribution >= 0.6 is 23.2 Å². The Balaban J connectivity index is 2.36. The van der Waals surface area contributed by atoms with Gasteiger partial charge < -0.3 is 5.32 Å². The molecule has 1 N–H and O–H groups in total. The number of nitrogens with one attached hydrogen (secondary N) is 1. The normalized spacial score (nSPS) is 10.7. The second kappa shape index (κ2) is 6.42. The quantitative estimate of drug-likeness (QED) is 0.915. The molecule has 0 fully saturated rings.